The van der Waals surface area contributed by atoms with Gasteiger partial charge in [0.05, 0.1) is 5.56 Å². The van der Waals surface area contributed by atoms with Gasteiger partial charge < -0.3 is 9.73 Å². The molecule has 1 N–H and O–H groups in total. The number of nitrogens with one attached hydrogen (secondary N) is 1. The van der Waals surface area contributed by atoms with Crippen molar-refractivity contribution in [3.05, 3.63) is 76.6 Å². The number of thioether (sulfide) groups is 1. The number of benzene rings is 2. The first kappa shape index (κ1) is 17.2. The number of carbonyl (C=O) groups excluding carboxylic acids is 2. The van der Waals surface area contributed by atoms with Crippen LogP contribution in [0.5, 0.6) is 0 Å². The normalized spacial score (nSPS) is 16.4. The van der Waals surface area contributed by atoms with Gasteiger partial charge in [-0.15, -0.1) is 0 Å². The fourth-order valence-electron chi connectivity index (χ4n) is 2.75. The summed E-state index contributed by atoms with van der Waals surface area (Å²) in [7, 11) is 0. The lowest BCUT2D eigenvalue weighted by molar-refractivity contribution is -0.121. The van der Waals surface area contributed by atoms with Gasteiger partial charge in [-0.1, -0.05) is 48.2 Å². The molecular formula is C20H14N2O4S. The molecule has 0 radical (unpaired) electrons. The number of carbonyl (C=O) groups is 2. The third kappa shape index (κ3) is 3.68. The number of amides is 2. The molecule has 4 rings (SSSR count). The number of nitrogens with zero attached hydrogens (tertiary/aromatic N) is 1. The summed E-state index contributed by atoms with van der Waals surface area (Å²) in [5.41, 5.74) is 0.814. The molecule has 7 heteroatoms. The average Bonchev–Trinajstić information content (AvgIpc) is 3.02. The van der Waals surface area contributed by atoms with Crippen LogP contribution in [0.3, 0.4) is 0 Å². The number of anilines is 1. The van der Waals surface area contributed by atoms with E-state index in [1.54, 1.807) is 30.3 Å². The van der Waals surface area contributed by atoms with Crippen LogP contribution in [0.1, 0.15) is 12.0 Å². The van der Waals surface area contributed by atoms with Gasteiger partial charge in [0.1, 0.15) is 15.9 Å². The second kappa shape index (κ2) is 7.20. The van der Waals surface area contributed by atoms with Crippen LogP contribution in [-0.4, -0.2) is 22.1 Å². The summed E-state index contributed by atoms with van der Waals surface area (Å²) in [6.45, 7) is 0. The minimum absolute atomic E-state index is 0.0235. The van der Waals surface area contributed by atoms with Gasteiger partial charge in [0.25, 0.3) is 5.91 Å². The van der Waals surface area contributed by atoms with Crippen molar-refractivity contribution in [2.24, 2.45) is 4.99 Å². The Morgan fingerprint density at radius 1 is 1.07 bits per heavy atom. The molecule has 2 amide bonds. The zero-order valence-electron chi connectivity index (χ0n) is 14.0. The Morgan fingerprint density at radius 3 is 2.63 bits per heavy atom. The molecule has 3 aromatic rings. The van der Waals surface area contributed by atoms with Crippen molar-refractivity contribution in [3.63, 3.8) is 0 Å². The standard InChI is InChI=1S/C20H14N2O4S/c23-17(21-13-7-2-1-3-8-13)11-16-18(24)22-19(27-16)14-10-12-6-4-5-9-15(12)26-20(14)25/h1-10,16H,11H2,(H,21,23)/t16-/m1/s1. The molecule has 0 bridgehead atoms. The highest BCUT2D eigenvalue weighted by molar-refractivity contribution is 8.16. The first-order valence-corrected chi connectivity index (χ1v) is 9.15. The largest absolute Gasteiger partial charge is 0.422 e. The van der Waals surface area contributed by atoms with E-state index in [0.29, 0.717) is 11.3 Å². The van der Waals surface area contributed by atoms with Crippen LogP contribution in [0.4, 0.5) is 5.69 Å². The molecule has 1 aliphatic heterocycles. The highest BCUT2D eigenvalue weighted by atomic mass is 32.2. The Bertz CT molecular complexity index is 1120. The number of aliphatic imine (C=N–C) groups is 1. The van der Waals surface area contributed by atoms with Crippen molar-refractivity contribution in [2.75, 3.05) is 5.32 Å². The number of hydrogen-bond acceptors (Lipinski definition) is 5. The molecule has 6 nitrogen and oxygen atoms in total. The molecule has 27 heavy (non-hydrogen) atoms. The summed E-state index contributed by atoms with van der Waals surface area (Å²) in [6.07, 6.45) is -0.0235. The summed E-state index contributed by atoms with van der Waals surface area (Å²) >= 11 is 1.11. The second-order valence-electron chi connectivity index (χ2n) is 5.97. The van der Waals surface area contributed by atoms with Crippen LogP contribution >= 0.6 is 11.8 Å². The molecule has 0 saturated heterocycles. The van der Waals surface area contributed by atoms with Gasteiger partial charge in [-0.05, 0) is 24.3 Å². The SMILES string of the molecule is O=C(C[C@H]1SC(c2cc3ccccc3oc2=O)=NC1=O)Nc1ccccc1. The topological polar surface area (TPSA) is 88.7 Å². The Hall–Kier alpha value is -3.19. The lowest BCUT2D eigenvalue weighted by Gasteiger charge is -2.08. The smallest absolute Gasteiger partial charge is 0.346 e. The Balaban J connectivity index is 1.50. The quantitative estimate of drug-likeness (QED) is 0.704. The van der Waals surface area contributed by atoms with E-state index in [0.717, 1.165) is 17.1 Å². The van der Waals surface area contributed by atoms with Crippen LogP contribution < -0.4 is 10.9 Å². The van der Waals surface area contributed by atoms with Crippen LogP contribution in [0, 0.1) is 0 Å². The number of hydrogen-bond donors (Lipinski definition) is 1. The number of fused-ring (bicyclic) bond motifs is 1. The molecule has 1 aromatic heterocycles. The minimum atomic E-state index is -0.658. The van der Waals surface area contributed by atoms with Crippen molar-refractivity contribution in [3.8, 4) is 0 Å². The Morgan fingerprint density at radius 2 is 1.81 bits per heavy atom. The maximum Gasteiger partial charge on any atom is 0.346 e. The third-order valence-corrected chi connectivity index (χ3v) is 5.23. The molecule has 0 saturated carbocycles. The van der Waals surface area contributed by atoms with Crippen molar-refractivity contribution in [1.82, 2.24) is 0 Å². The van der Waals surface area contributed by atoms with Crippen LogP contribution in [0.2, 0.25) is 0 Å². The number of para-hydroxylation sites is 2. The van der Waals surface area contributed by atoms with E-state index in [1.807, 2.05) is 30.3 Å². The molecule has 134 valence electrons. The van der Waals surface area contributed by atoms with Gasteiger partial charge >= 0.3 is 5.63 Å². The fraction of sp³-hybridized carbons (Fsp3) is 0.100. The molecular weight excluding hydrogens is 364 g/mol. The average molecular weight is 378 g/mol. The lowest BCUT2D eigenvalue weighted by Crippen LogP contribution is -2.21. The zero-order valence-corrected chi connectivity index (χ0v) is 14.9. The van der Waals surface area contributed by atoms with Gasteiger partial charge in [-0.25, -0.2) is 9.79 Å². The molecule has 2 aromatic carbocycles. The first-order valence-electron chi connectivity index (χ1n) is 8.27. The van der Waals surface area contributed by atoms with Gasteiger partial charge in [0.2, 0.25) is 5.91 Å². The summed E-state index contributed by atoms with van der Waals surface area (Å²) in [5.74, 6) is -0.709. The van der Waals surface area contributed by atoms with Crippen molar-refractivity contribution in [2.45, 2.75) is 11.7 Å². The molecule has 0 aliphatic carbocycles. The molecule has 1 aliphatic rings. The van der Waals surface area contributed by atoms with E-state index in [-0.39, 0.29) is 22.9 Å². The molecule has 2 heterocycles. The molecule has 0 fully saturated rings. The first-order chi connectivity index (χ1) is 13.1. The zero-order chi connectivity index (χ0) is 18.8. The molecule has 0 spiro atoms. The maximum absolute atomic E-state index is 12.2. The van der Waals surface area contributed by atoms with Crippen LogP contribution in [-0.2, 0) is 9.59 Å². The van der Waals surface area contributed by atoms with Crippen LogP contribution in [0.15, 0.2) is 74.9 Å². The van der Waals surface area contributed by atoms with Gasteiger partial charge in [-0.2, -0.15) is 0 Å². The van der Waals surface area contributed by atoms with E-state index in [1.165, 1.54) is 0 Å². The van der Waals surface area contributed by atoms with Gasteiger partial charge in [-0.3, -0.25) is 9.59 Å². The summed E-state index contributed by atoms with van der Waals surface area (Å²) in [4.78, 5) is 40.6. The highest BCUT2D eigenvalue weighted by Gasteiger charge is 2.32. The predicted molar refractivity (Wildman–Crippen MR) is 105 cm³/mol. The highest BCUT2D eigenvalue weighted by Crippen LogP contribution is 2.29. The van der Waals surface area contributed by atoms with Crippen molar-refractivity contribution >= 4 is 45.3 Å². The number of rotatable bonds is 4. The van der Waals surface area contributed by atoms with Crippen molar-refractivity contribution in [1.29, 1.82) is 0 Å². The van der Waals surface area contributed by atoms with E-state index < -0.39 is 16.8 Å². The Kier molecular flexibility index (Phi) is 4.60. The molecule has 1 atom stereocenters. The predicted octanol–water partition coefficient (Wildman–Crippen LogP) is 3.21. The third-order valence-electron chi connectivity index (χ3n) is 4.04. The molecule has 0 unspecified atom stereocenters. The minimum Gasteiger partial charge on any atom is -0.422 e. The van der Waals surface area contributed by atoms with E-state index in [4.69, 9.17) is 4.42 Å². The lowest BCUT2D eigenvalue weighted by atomic mass is 10.2. The monoisotopic (exact) mass is 378 g/mol. The van der Waals surface area contributed by atoms with Gasteiger partial charge in [0.15, 0.2) is 0 Å². The van der Waals surface area contributed by atoms with E-state index >= 15 is 0 Å². The Labute approximate surface area is 158 Å². The fourth-order valence-corrected chi connectivity index (χ4v) is 3.82. The van der Waals surface area contributed by atoms with Crippen LogP contribution in [0.25, 0.3) is 11.0 Å². The van der Waals surface area contributed by atoms with Crippen molar-refractivity contribution < 1.29 is 14.0 Å². The van der Waals surface area contributed by atoms with E-state index in [9.17, 15) is 14.4 Å². The summed E-state index contributed by atoms with van der Waals surface area (Å²) in [6, 6.07) is 17.8. The summed E-state index contributed by atoms with van der Waals surface area (Å²) in [5, 5.41) is 3.12. The van der Waals surface area contributed by atoms with Gasteiger partial charge in [0, 0.05) is 17.5 Å². The second-order valence-corrected chi connectivity index (χ2v) is 7.16. The van der Waals surface area contributed by atoms with E-state index in [2.05, 4.69) is 10.3 Å². The summed E-state index contributed by atoms with van der Waals surface area (Å²) < 4.78 is 5.30. The maximum atomic E-state index is 12.2.